The summed E-state index contributed by atoms with van der Waals surface area (Å²) in [6.07, 6.45) is 3.53. The van der Waals surface area contributed by atoms with Crippen molar-refractivity contribution < 1.29 is 9.90 Å². The molecule has 94 valence electrons. The molecule has 0 radical (unpaired) electrons. The molecule has 1 atom stereocenters. The number of carbonyl (C=O) groups is 1. The molecule has 0 bridgehead atoms. The summed E-state index contributed by atoms with van der Waals surface area (Å²) in [6.45, 7) is 8.55. The minimum atomic E-state index is -0.672. The highest BCUT2D eigenvalue weighted by Gasteiger charge is 2.27. The van der Waals surface area contributed by atoms with Gasteiger partial charge in [0.25, 0.3) is 0 Å². The van der Waals surface area contributed by atoms with E-state index < -0.39 is 5.97 Å². The van der Waals surface area contributed by atoms with Gasteiger partial charge in [-0.2, -0.15) is 0 Å². The van der Waals surface area contributed by atoms with Crippen LogP contribution >= 0.6 is 0 Å². The number of likely N-dealkylation sites (tertiary alicyclic amines) is 1. The third-order valence-electron chi connectivity index (χ3n) is 3.44. The predicted octanol–water partition coefficient (Wildman–Crippen LogP) is 1.27. The van der Waals surface area contributed by atoms with E-state index in [4.69, 9.17) is 0 Å². The number of likely N-dealkylation sites (N-methyl/N-ethyl adjacent to an activating group) is 1. The van der Waals surface area contributed by atoms with Gasteiger partial charge < -0.3 is 10.0 Å². The van der Waals surface area contributed by atoms with Gasteiger partial charge in [0.05, 0.1) is 0 Å². The van der Waals surface area contributed by atoms with Crippen molar-refractivity contribution >= 4 is 5.97 Å². The fourth-order valence-electron chi connectivity index (χ4n) is 2.31. The van der Waals surface area contributed by atoms with Crippen LogP contribution in [0, 0.1) is 0 Å². The quantitative estimate of drug-likeness (QED) is 0.743. The lowest BCUT2D eigenvalue weighted by Gasteiger charge is -2.34. The molecule has 1 saturated heterocycles. The van der Waals surface area contributed by atoms with E-state index in [1.54, 1.807) is 0 Å². The Hall–Kier alpha value is -0.610. The van der Waals surface area contributed by atoms with Gasteiger partial charge in [0, 0.05) is 6.54 Å². The van der Waals surface area contributed by atoms with Crippen LogP contribution in [-0.2, 0) is 4.79 Å². The third kappa shape index (κ3) is 3.76. The van der Waals surface area contributed by atoms with Gasteiger partial charge in [-0.1, -0.05) is 20.3 Å². The summed E-state index contributed by atoms with van der Waals surface area (Å²) in [5.41, 5.74) is 0. The number of carboxylic acids is 1. The molecule has 1 fully saturated rings. The maximum atomic E-state index is 11.3. The Balaban J connectivity index is 2.55. The molecule has 1 aliphatic heterocycles. The van der Waals surface area contributed by atoms with Crippen LogP contribution < -0.4 is 0 Å². The molecule has 1 heterocycles. The Morgan fingerprint density at radius 2 is 1.81 bits per heavy atom. The second-order valence-corrected chi connectivity index (χ2v) is 4.44. The highest BCUT2D eigenvalue weighted by molar-refractivity contribution is 5.73. The van der Waals surface area contributed by atoms with Crippen molar-refractivity contribution in [1.29, 1.82) is 0 Å². The van der Waals surface area contributed by atoms with E-state index in [0.717, 1.165) is 39.0 Å². The Morgan fingerprint density at radius 1 is 1.25 bits per heavy atom. The SMILES string of the molecule is CCN(CC)CC(C(=O)O)N1CCCCC1. The first-order chi connectivity index (χ1) is 7.69. The smallest absolute Gasteiger partial charge is 0.322 e. The van der Waals surface area contributed by atoms with Gasteiger partial charge in [0.15, 0.2) is 0 Å². The average molecular weight is 228 g/mol. The molecule has 0 aliphatic carbocycles. The first-order valence-electron chi connectivity index (χ1n) is 6.38. The van der Waals surface area contributed by atoms with Gasteiger partial charge in [0.2, 0.25) is 0 Å². The monoisotopic (exact) mass is 228 g/mol. The van der Waals surface area contributed by atoms with Crippen LogP contribution in [0.25, 0.3) is 0 Å². The van der Waals surface area contributed by atoms with Gasteiger partial charge in [-0.05, 0) is 39.0 Å². The molecule has 1 rings (SSSR count). The molecule has 1 aliphatic rings. The normalized spacial score (nSPS) is 19.9. The highest BCUT2D eigenvalue weighted by Crippen LogP contribution is 2.13. The summed E-state index contributed by atoms with van der Waals surface area (Å²) >= 11 is 0. The molecule has 0 spiro atoms. The van der Waals surface area contributed by atoms with Gasteiger partial charge in [0.1, 0.15) is 6.04 Å². The van der Waals surface area contributed by atoms with Gasteiger partial charge in [-0.25, -0.2) is 0 Å². The molecule has 16 heavy (non-hydrogen) atoms. The number of nitrogens with zero attached hydrogens (tertiary/aromatic N) is 2. The molecule has 1 N–H and O–H groups in total. The zero-order chi connectivity index (χ0) is 12.0. The van der Waals surface area contributed by atoms with Crippen LogP contribution in [0.1, 0.15) is 33.1 Å². The average Bonchev–Trinajstić information content (AvgIpc) is 2.31. The van der Waals surface area contributed by atoms with Crippen molar-refractivity contribution in [2.24, 2.45) is 0 Å². The van der Waals surface area contributed by atoms with E-state index >= 15 is 0 Å². The first kappa shape index (κ1) is 13.5. The zero-order valence-electron chi connectivity index (χ0n) is 10.5. The number of carboxylic acid groups (broad SMARTS) is 1. The van der Waals surface area contributed by atoms with E-state index in [2.05, 4.69) is 23.6 Å². The molecule has 4 nitrogen and oxygen atoms in total. The van der Waals surface area contributed by atoms with E-state index in [1.165, 1.54) is 6.42 Å². The van der Waals surface area contributed by atoms with E-state index in [9.17, 15) is 9.90 Å². The van der Waals surface area contributed by atoms with Crippen molar-refractivity contribution in [3.05, 3.63) is 0 Å². The van der Waals surface area contributed by atoms with Crippen LogP contribution in [0.4, 0.5) is 0 Å². The van der Waals surface area contributed by atoms with Crippen molar-refractivity contribution in [2.45, 2.75) is 39.2 Å². The topological polar surface area (TPSA) is 43.8 Å². The van der Waals surface area contributed by atoms with Crippen molar-refractivity contribution in [3.63, 3.8) is 0 Å². The number of piperidine rings is 1. The summed E-state index contributed by atoms with van der Waals surface area (Å²) in [7, 11) is 0. The molecule has 0 aromatic carbocycles. The van der Waals surface area contributed by atoms with Crippen LogP contribution in [0.15, 0.2) is 0 Å². The van der Waals surface area contributed by atoms with E-state index in [-0.39, 0.29) is 6.04 Å². The molecular weight excluding hydrogens is 204 g/mol. The fraction of sp³-hybridized carbons (Fsp3) is 0.917. The standard InChI is InChI=1S/C12H24N2O2/c1-3-13(4-2)10-11(12(15)16)14-8-6-5-7-9-14/h11H,3-10H2,1-2H3,(H,15,16). The summed E-state index contributed by atoms with van der Waals surface area (Å²) in [4.78, 5) is 15.6. The summed E-state index contributed by atoms with van der Waals surface area (Å²) in [5, 5.41) is 9.30. The maximum absolute atomic E-state index is 11.3. The summed E-state index contributed by atoms with van der Waals surface area (Å²) < 4.78 is 0. The number of hydrogen-bond donors (Lipinski definition) is 1. The Bertz CT molecular complexity index is 211. The second kappa shape index (κ2) is 6.86. The molecule has 0 saturated carbocycles. The molecular formula is C12H24N2O2. The maximum Gasteiger partial charge on any atom is 0.322 e. The lowest BCUT2D eigenvalue weighted by Crippen LogP contribution is -2.50. The van der Waals surface area contributed by atoms with Crippen LogP contribution in [0.5, 0.6) is 0 Å². The van der Waals surface area contributed by atoms with Crippen LogP contribution in [-0.4, -0.2) is 59.6 Å². The Labute approximate surface area is 98.2 Å². The lowest BCUT2D eigenvalue weighted by molar-refractivity contribution is -0.144. The predicted molar refractivity (Wildman–Crippen MR) is 64.6 cm³/mol. The van der Waals surface area contributed by atoms with E-state index in [0.29, 0.717) is 6.54 Å². The van der Waals surface area contributed by atoms with Crippen LogP contribution in [0.2, 0.25) is 0 Å². The molecule has 0 amide bonds. The minimum Gasteiger partial charge on any atom is -0.480 e. The molecule has 0 aromatic heterocycles. The molecule has 0 aromatic rings. The first-order valence-corrected chi connectivity index (χ1v) is 6.38. The molecule has 1 unspecified atom stereocenters. The Kier molecular flexibility index (Phi) is 5.77. The lowest BCUT2D eigenvalue weighted by atomic mass is 10.1. The Morgan fingerprint density at radius 3 is 2.25 bits per heavy atom. The largest absolute Gasteiger partial charge is 0.480 e. The van der Waals surface area contributed by atoms with E-state index in [1.807, 2.05) is 0 Å². The summed E-state index contributed by atoms with van der Waals surface area (Å²) in [6, 6.07) is -0.319. The second-order valence-electron chi connectivity index (χ2n) is 4.44. The number of aliphatic carboxylic acids is 1. The fourth-order valence-corrected chi connectivity index (χ4v) is 2.31. The number of hydrogen-bond acceptors (Lipinski definition) is 3. The van der Waals surface area contributed by atoms with Crippen molar-refractivity contribution in [2.75, 3.05) is 32.7 Å². The highest BCUT2D eigenvalue weighted by atomic mass is 16.4. The van der Waals surface area contributed by atoms with Crippen LogP contribution in [0.3, 0.4) is 0 Å². The molecule has 4 heteroatoms. The van der Waals surface area contributed by atoms with Gasteiger partial charge in [-0.15, -0.1) is 0 Å². The summed E-state index contributed by atoms with van der Waals surface area (Å²) in [5.74, 6) is -0.672. The zero-order valence-corrected chi connectivity index (χ0v) is 10.5. The van der Waals surface area contributed by atoms with Gasteiger partial charge >= 0.3 is 5.97 Å². The van der Waals surface area contributed by atoms with Gasteiger partial charge in [-0.3, -0.25) is 9.69 Å². The third-order valence-corrected chi connectivity index (χ3v) is 3.44. The number of rotatable bonds is 6. The van der Waals surface area contributed by atoms with Crippen molar-refractivity contribution in [1.82, 2.24) is 9.80 Å². The van der Waals surface area contributed by atoms with Crippen molar-refractivity contribution in [3.8, 4) is 0 Å². The minimum absolute atomic E-state index is 0.319.